The van der Waals surface area contributed by atoms with Gasteiger partial charge in [0, 0.05) is 11.9 Å². The van der Waals surface area contributed by atoms with Crippen molar-refractivity contribution in [3.8, 4) is 5.75 Å². The SMILES string of the molecule is Nc1ccc2c(c1)NC(=O)CO2.O=C(O)c1cnc2ccccn12. The number of carboxylic acid groups (broad SMARTS) is 1. The second-order valence-electron chi connectivity index (χ2n) is 4.97. The Morgan fingerprint density at radius 1 is 1.33 bits per heavy atom. The Kier molecular flexibility index (Phi) is 4.02. The van der Waals surface area contributed by atoms with Crippen LogP contribution in [0, 0.1) is 0 Å². The number of carboxylic acids is 1. The first-order valence-electron chi connectivity index (χ1n) is 7.02. The topological polar surface area (TPSA) is 119 Å². The minimum Gasteiger partial charge on any atom is -0.482 e. The van der Waals surface area contributed by atoms with E-state index in [1.54, 1.807) is 36.5 Å². The van der Waals surface area contributed by atoms with Gasteiger partial charge in [0.25, 0.3) is 5.91 Å². The van der Waals surface area contributed by atoms with E-state index in [9.17, 15) is 9.59 Å². The average molecular weight is 326 g/mol. The minimum atomic E-state index is -0.964. The molecule has 0 bridgehead atoms. The number of fused-ring (bicyclic) bond motifs is 2. The predicted octanol–water partition coefficient (Wildman–Crippen LogP) is 1.63. The molecule has 8 heteroatoms. The molecule has 8 nitrogen and oxygen atoms in total. The van der Waals surface area contributed by atoms with Crippen molar-refractivity contribution in [2.45, 2.75) is 0 Å². The lowest BCUT2D eigenvalue weighted by Gasteiger charge is -2.17. The van der Waals surface area contributed by atoms with Crippen LogP contribution in [0.3, 0.4) is 0 Å². The number of ether oxygens (including phenoxy) is 1. The van der Waals surface area contributed by atoms with Crippen LogP contribution in [0.15, 0.2) is 48.8 Å². The van der Waals surface area contributed by atoms with Crippen LogP contribution in [0.1, 0.15) is 10.5 Å². The number of pyridine rings is 1. The molecule has 0 aliphatic carbocycles. The highest BCUT2D eigenvalue weighted by Crippen LogP contribution is 2.28. The van der Waals surface area contributed by atoms with Crippen LogP contribution < -0.4 is 15.8 Å². The van der Waals surface area contributed by atoms with Gasteiger partial charge in [0.2, 0.25) is 0 Å². The number of hydrogen-bond acceptors (Lipinski definition) is 5. The molecule has 3 aromatic rings. The van der Waals surface area contributed by atoms with Crippen molar-refractivity contribution < 1.29 is 19.4 Å². The van der Waals surface area contributed by atoms with Gasteiger partial charge in [0.1, 0.15) is 11.4 Å². The Balaban J connectivity index is 0.000000141. The lowest BCUT2D eigenvalue weighted by Crippen LogP contribution is -2.25. The maximum atomic E-state index is 10.9. The number of carbonyl (C=O) groups excluding carboxylic acids is 1. The average Bonchev–Trinajstić information content (AvgIpc) is 2.99. The number of nitrogen functional groups attached to an aromatic ring is 1. The minimum absolute atomic E-state index is 0.0803. The molecule has 24 heavy (non-hydrogen) atoms. The maximum Gasteiger partial charge on any atom is 0.354 e. The Hall–Kier alpha value is -3.55. The quantitative estimate of drug-likeness (QED) is 0.585. The third-order valence-electron chi connectivity index (χ3n) is 3.27. The van der Waals surface area contributed by atoms with Crippen LogP contribution in [0.5, 0.6) is 5.75 Å². The molecule has 4 N–H and O–H groups in total. The van der Waals surface area contributed by atoms with Crippen LogP contribution in [-0.2, 0) is 4.79 Å². The molecule has 0 saturated carbocycles. The van der Waals surface area contributed by atoms with Gasteiger partial charge in [-0.1, -0.05) is 6.07 Å². The molecular formula is C16H14N4O4. The number of hydrogen-bond donors (Lipinski definition) is 3. The number of amides is 1. The maximum absolute atomic E-state index is 10.9. The largest absolute Gasteiger partial charge is 0.482 e. The number of nitrogens with zero attached hydrogens (tertiary/aromatic N) is 2. The van der Waals surface area contributed by atoms with E-state index in [-0.39, 0.29) is 18.2 Å². The summed E-state index contributed by atoms with van der Waals surface area (Å²) in [6.07, 6.45) is 3.02. The Morgan fingerprint density at radius 3 is 2.96 bits per heavy atom. The van der Waals surface area contributed by atoms with Crippen molar-refractivity contribution in [3.05, 3.63) is 54.5 Å². The standard InChI is InChI=1S/C8H8N2O2.C8H6N2O2/c9-5-1-2-7-6(3-5)10-8(11)4-12-7;11-8(12)6-5-9-7-3-1-2-4-10(6)7/h1-3H,4,9H2,(H,10,11);1-5H,(H,11,12). The molecule has 3 heterocycles. The fourth-order valence-corrected chi connectivity index (χ4v) is 2.19. The lowest BCUT2D eigenvalue weighted by atomic mass is 10.2. The van der Waals surface area contributed by atoms with E-state index in [0.717, 1.165) is 0 Å². The summed E-state index contributed by atoms with van der Waals surface area (Å²) in [6.45, 7) is 0.0803. The van der Waals surface area contributed by atoms with E-state index < -0.39 is 5.97 Å². The summed E-state index contributed by atoms with van der Waals surface area (Å²) in [5.41, 5.74) is 7.61. The van der Waals surface area contributed by atoms with Crippen molar-refractivity contribution in [1.82, 2.24) is 9.38 Å². The first kappa shape index (κ1) is 15.3. The number of rotatable bonds is 1. The fraction of sp³-hybridized carbons (Fsp3) is 0.0625. The van der Waals surface area contributed by atoms with Gasteiger partial charge in [-0.25, -0.2) is 9.78 Å². The molecule has 2 aromatic heterocycles. The van der Waals surface area contributed by atoms with Crippen molar-refractivity contribution >= 4 is 28.9 Å². The highest BCUT2D eigenvalue weighted by atomic mass is 16.5. The number of anilines is 2. The zero-order valence-electron chi connectivity index (χ0n) is 12.5. The highest BCUT2D eigenvalue weighted by molar-refractivity contribution is 5.95. The van der Waals surface area contributed by atoms with Crippen molar-refractivity contribution in [2.75, 3.05) is 17.7 Å². The third kappa shape index (κ3) is 3.12. The van der Waals surface area contributed by atoms with Gasteiger partial charge >= 0.3 is 5.97 Å². The lowest BCUT2D eigenvalue weighted by molar-refractivity contribution is -0.118. The van der Waals surface area contributed by atoms with Crippen molar-refractivity contribution in [2.24, 2.45) is 0 Å². The molecule has 122 valence electrons. The predicted molar refractivity (Wildman–Crippen MR) is 87.1 cm³/mol. The van der Waals surface area contributed by atoms with Gasteiger partial charge in [-0.05, 0) is 30.3 Å². The number of aromatic carboxylic acids is 1. The first-order valence-corrected chi connectivity index (χ1v) is 7.02. The second kappa shape index (κ2) is 6.29. The second-order valence-corrected chi connectivity index (χ2v) is 4.97. The summed E-state index contributed by atoms with van der Waals surface area (Å²) in [4.78, 5) is 25.4. The summed E-state index contributed by atoms with van der Waals surface area (Å²) in [7, 11) is 0. The van der Waals surface area contributed by atoms with E-state index in [4.69, 9.17) is 15.6 Å². The number of benzene rings is 1. The normalized spacial score (nSPS) is 12.4. The van der Waals surface area contributed by atoms with Gasteiger partial charge in [-0.2, -0.15) is 0 Å². The third-order valence-corrected chi connectivity index (χ3v) is 3.27. The Labute approximate surface area is 136 Å². The van der Waals surface area contributed by atoms with Crippen molar-refractivity contribution in [1.29, 1.82) is 0 Å². The molecule has 0 fully saturated rings. The van der Waals surface area contributed by atoms with Crippen LogP contribution >= 0.6 is 0 Å². The van der Waals surface area contributed by atoms with Crippen LogP contribution in [-0.4, -0.2) is 33.0 Å². The van der Waals surface area contributed by atoms with E-state index in [1.165, 1.54) is 10.6 Å². The zero-order chi connectivity index (χ0) is 17.1. The number of nitrogens with two attached hydrogens (primary N) is 1. The van der Waals surface area contributed by atoms with Crippen LogP contribution in [0.4, 0.5) is 11.4 Å². The molecule has 0 unspecified atom stereocenters. The number of imidazole rings is 1. The summed E-state index contributed by atoms with van der Waals surface area (Å²) >= 11 is 0. The van der Waals surface area contributed by atoms with Gasteiger partial charge in [0.15, 0.2) is 12.3 Å². The van der Waals surface area contributed by atoms with E-state index in [2.05, 4.69) is 10.3 Å². The Bertz CT molecular complexity index is 919. The summed E-state index contributed by atoms with van der Waals surface area (Å²) in [5, 5.41) is 11.4. The highest BCUT2D eigenvalue weighted by Gasteiger charge is 2.14. The van der Waals surface area contributed by atoms with Crippen LogP contribution in [0.25, 0.3) is 5.65 Å². The van der Waals surface area contributed by atoms with Gasteiger partial charge < -0.3 is 20.9 Å². The molecule has 1 aliphatic heterocycles. The van der Waals surface area contributed by atoms with Crippen molar-refractivity contribution in [3.63, 3.8) is 0 Å². The van der Waals surface area contributed by atoms with E-state index in [1.807, 2.05) is 6.07 Å². The Morgan fingerprint density at radius 2 is 2.17 bits per heavy atom. The molecular weight excluding hydrogens is 312 g/mol. The zero-order valence-corrected chi connectivity index (χ0v) is 12.5. The number of carbonyl (C=O) groups is 2. The molecule has 0 radical (unpaired) electrons. The fourth-order valence-electron chi connectivity index (χ4n) is 2.19. The molecule has 0 atom stereocenters. The summed E-state index contributed by atoms with van der Waals surface area (Å²) in [6, 6.07) is 10.5. The molecule has 0 spiro atoms. The molecule has 1 aromatic carbocycles. The van der Waals surface area contributed by atoms with Gasteiger partial charge in [0.05, 0.1) is 11.9 Å². The van der Waals surface area contributed by atoms with Gasteiger partial charge in [-0.15, -0.1) is 0 Å². The first-order chi connectivity index (χ1) is 11.5. The smallest absolute Gasteiger partial charge is 0.354 e. The van der Waals surface area contributed by atoms with E-state index in [0.29, 0.717) is 22.8 Å². The molecule has 1 amide bonds. The van der Waals surface area contributed by atoms with E-state index >= 15 is 0 Å². The summed E-state index contributed by atoms with van der Waals surface area (Å²) < 4.78 is 6.65. The molecule has 1 aliphatic rings. The molecule has 0 saturated heterocycles. The molecule has 4 rings (SSSR count). The van der Waals surface area contributed by atoms with Gasteiger partial charge in [-0.3, -0.25) is 9.20 Å². The monoisotopic (exact) mass is 326 g/mol. The number of aromatic nitrogens is 2. The van der Waals surface area contributed by atoms with Crippen LogP contribution in [0.2, 0.25) is 0 Å². The number of nitrogens with one attached hydrogen (secondary N) is 1. The summed E-state index contributed by atoms with van der Waals surface area (Å²) in [5.74, 6) is -0.439.